The molecule has 4 rings (SSSR count). The molecule has 2 aromatic carbocycles. The van der Waals surface area contributed by atoms with Crippen LogP contribution >= 0.6 is 0 Å². The summed E-state index contributed by atoms with van der Waals surface area (Å²) in [5.41, 5.74) is 1.86. The lowest BCUT2D eigenvalue weighted by atomic mass is 9.93. The van der Waals surface area contributed by atoms with Crippen LogP contribution in [0, 0.1) is 0 Å². The minimum absolute atomic E-state index is 0.0416. The van der Waals surface area contributed by atoms with Crippen LogP contribution < -0.4 is 14.2 Å². The Morgan fingerprint density at radius 2 is 1.84 bits per heavy atom. The molecule has 176 valence electrons. The molecule has 2 aromatic rings. The highest BCUT2D eigenvalue weighted by atomic mass is 16.7. The van der Waals surface area contributed by atoms with Crippen LogP contribution in [-0.2, 0) is 27.2 Å². The normalized spacial score (nSPS) is 30.1. The highest BCUT2D eigenvalue weighted by Crippen LogP contribution is 2.44. The molecule has 9 heteroatoms. The zero-order valence-corrected chi connectivity index (χ0v) is 18.6. The molecule has 9 nitrogen and oxygen atoms in total. The van der Waals surface area contributed by atoms with Crippen molar-refractivity contribution in [3.05, 3.63) is 29.3 Å². The van der Waals surface area contributed by atoms with Crippen LogP contribution in [0.1, 0.15) is 18.1 Å². The highest BCUT2D eigenvalue weighted by Gasteiger charge is 2.46. The van der Waals surface area contributed by atoms with E-state index in [4.69, 9.17) is 28.4 Å². The van der Waals surface area contributed by atoms with E-state index in [1.807, 2.05) is 13.0 Å². The Hall–Kier alpha value is -2.14. The van der Waals surface area contributed by atoms with Crippen molar-refractivity contribution in [1.29, 1.82) is 0 Å². The summed E-state index contributed by atoms with van der Waals surface area (Å²) < 4.78 is 34.1. The second-order valence-corrected chi connectivity index (χ2v) is 8.12. The molecule has 0 bridgehead atoms. The first-order chi connectivity index (χ1) is 15.4. The van der Waals surface area contributed by atoms with Crippen molar-refractivity contribution in [2.24, 2.45) is 0 Å². The number of benzene rings is 2. The summed E-state index contributed by atoms with van der Waals surface area (Å²) in [7, 11) is 4.52. The van der Waals surface area contributed by atoms with Crippen LogP contribution in [0.25, 0.3) is 10.8 Å². The molecule has 2 aliphatic rings. The Morgan fingerprint density at radius 1 is 1.06 bits per heavy atom. The molecule has 2 heterocycles. The number of hydrogen-bond acceptors (Lipinski definition) is 9. The zero-order chi connectivity index (χ0) is 23.0. The number of aliphatic hydroxyl groups is 3. The monoisotopic (exact) mass is 450 g/mol. The fourth-order valence-electron chi connectivity index (χ4n) is 4.44. The van der Waals surface area contributed by atoms with Gasteiger partial charge in [0.2, 0.25) is 6.29 Å². The Bertz CT molecular complexity index is 960. The van der Waals surface area contributed by atoms with Gasteiger partial charge >= 0.3 is 0 Å². The summed E-state index contributed by atoms with van der Waals surface area (Å²) in [5.74, 6) is 1.59. The van der Waals surface area contributed by atoms with E-state index >= 15 is 0 Å². The number of rotatable bonds is 6. The lowest BCUT2D eigenvalue weighted by Gasteiger charge is -2.41. The third-order valence-electron chi connectivity index (χ3n) is 6.13. The van der Waals surface area contributed by atoms with Gasteiger partial charge in [-0.2, -0.15) is 0 Å². The minimum Gasteiger partial charge on any atom is -0.497 e. The van der Waals surface area contributed by atoms with Gasteiger partial charge < -0.3 is 43.7 Å². The number of methoxy groups -OCH3 is 3. The van der Waals surface area contributed by atoms with Gasteiger partial charge in [0.15, 0.2) is 0 Å². The van der Waals surface area contributed by atoms with E-state index in [-0.39, 0.29) is 6.10 Å². The Morgan fingerprint density at radius 3 is 2.50 bits per heavy atom. The van der Waals surface area contributed by atoms with E-state index in [1.165, 1.54) is 7.11 Å². The lowest BCUT2D eigenvalue weighted by molar-refractivity contribution is -0.281. The fraction of sp³-hybridized carbons (Fsp3) is 0.565. The average Bonchev–Trinajstić information content (AvgIpc) is 2.80. The molecular formula is C23H30O9. The van der Waals surface area contributed by atoms with Crippen LogP contribution in [0.4, 0.5) is 0 Å². The van der Waals surface area contributed by atoms with Gasteiger partial charge in [0.25, 0.3) is 0 Å². The summed E-state index contributed by atoms with van der Waals surface area (Å²) in [6, 6.07) is 5.69. The van der Waals surface area contributed by atoms with E-state index in [0.717, 1.165) is 16.5 Å². The summed E-state index contributed by atoms with van der Waals surface area (Å²) in [4.78, 5) is 0. The van der Waals surface area contributed by atoms with Gasteiger partial charge in [-0.1, -0.05) is 6.07 Å². The molecule has 1 saturated heterocycles. The standard InChI is InChI=1S/C23H30O9/c1-11-5-12-6-13-7-14(27-2)8-16(28-3)18(13)21(15(12)10-30-11)32-23-20(26)19(25)22(29-4)17(9-24)31-23/h6-8,11,17,19-20,22-26H,5,9-10H2,1-4H3. The van der Waals surface area contributed by atoms with E-state index in [1.54, 1.807) is 20.3 Å². The first-order valence-electron chi connectivity index (χ1n) is 10.6. The molecule has 6 unspecified atom stereocenters. The van der Waals surface area contributed by atoms with Gasteiger partial charge in [0.05, 0.1) is 38.9 Å². The maximum absolute atomic E-state index is 10.7. The largest absolute Gasteiger partial charge is 0.497 e. The highest BCUT2D eigenvalue weighted by molar-refractivity contribution is 5.97. The lowest BCUT2D eigenvalue weighted by Crippen LogP contribution is -2.60. The SMILES string of the molecule is COc1cc(OC)c2c(OC3OC(CO)C(OC)C(O)C3O)c3c(cc2c1)CC(C)OC3. The predicted octanol–water partition coefficient (Wildman–Crippen LogP) is 1.15. The quantitative estimate of drug-likeness (QED) is 0.596. The van der Waals surface area contributed by atoms with Gasteiger partial charge in [0, 0.05) is 18.7 Å². The molecule has 0 aromatic heterocycles. The van der Waals surface area contributed by atoms with E-state index < -0.39 is 37.3 Å². The zero-order valence-electron chi connectivity index (χ0n) is 18.6. The van der Waals surface area contributed by atoms with E-state index in [2.05, 4.69) is 6.07 Å². The maximum Gasteiger partial charge on any atom is 0.229 e. The Balaban J connectivity index is 1.83. The molecule has 32 heavy (non-hydrogen) atoms. The first kappa shape index (κ1) is 23.0. The summed E-state index contributed by atoms with van der Waals surface area (Å²) >= 11 is 0. The molecule has 6 atom stereocenters. The van der Waals surface area contributed by atoms with Crippen molar-refractivity contribution in [2.45, 2.75) is 56.8 Å². The Labute approximate surface area is 186 Å². The summed E-state index contributed by atoms with van der Waals surface area (Å²) in [6.45, 7) is 1.91. The van der Waals surface area contributed by atoms with Crippen LogP contribution in [0.3, 0.4) is 0 Å². The second kappa shape index (κ2) is 9.38. The third kappa shape index (κ3) is 4.00. The molecule has 0 amide bonds. The molecule has 0 saturated carbocycles. The molecule has 0 aliphatic carbocycles. The van der Waals surface area contributed by atoms with Crippen molar-refractivity contribution in [3.63, 3.8) is 0 Å². The number of hydrogen-bond donors (Lipinski definition) is 3. The number of fused-ring (bicyclic) bond motifs is 2. The minimum atomic E-state index is -1.40. The molecule has 2 aliphatic heterocycles. The molecule has 3 N–H and O–H groups in total. The van der Waals surface area contributed by atoms with Crippen molar-refractivity contribution in [1.82, 2.24) is 0 Å². The van der Waals surface area contributed by atoms with E-state index in [0.29, 0.717) is 35.7 Å². The van der Waals surface area contributed by atoms with Crippen molar-refractivity contribution < 1.29 is 43.7 Å². The Kier molecular flexibility index (Phi) is 6.75. The molecule has 0 radical (unpaired) electrons. The van der Waals surface area contributed by atoms with Crippen LogP contribution in [0.15, 0.2) is 18.2 Å². The van der Waals surface area contributed by atoms with Gasteiger partial charge in [-0.3, -0.25) is 0 Å². The van der Waals surface area contributed by atoms with Crippen molar-refractivity contribution in [3.8, 4) is 17.2 Å². The first-order valence-corrected chi connectivity index (χ1v) is 10.6. The third-order valence-corrected chi connectivity index (χ3v) is 6.13. The van der Waals surface area contributed by atoms with Gasteiger partial charge in [-0.15, -0.1) is 0 Å². The van der Waals surface area contributed by atoms with Crippen LogP contribution in [0.2, 0.25) is 0 Å². The van der Waals surface area contributed by atoms with Gasteiger partial charge in [-0.05, 0) is 30.4 Å². The average molecular weight is 450 g/mol. The topological polar surface area (TPSA) is 116 Å². The second-order valence-electron chi connectivity index (χ2n) is 8.12. The van der Waals surface area contributed by atoms with E-state index in [9.17, 15) is 15.3 Å². The molecule has 1 fully saturated rings. The smallest absolute Gasteiger partial charge is 0.229 e. The van der Waals surface area contributed by atoms with Crippen LogP contribution in [0.5, 0.6) is 17.2 Å². The number of aliphatic hydroxyl groups excluding tert-OH is 3. The van der Waals surface area contributed by atoms with Gasteiger partial charge in [0.1, 0.15) is 41.7 Å². The molecular weight excluding hydrogens is 420 g/mol. The fourth-order valence-corrected chi connectivity index (χ4v) is 4.44. The van der Waals surface area contributed by atoms with Crippen LogP contribution in [-0.4, -0.2) is 80.1 Å². The van der Waals surface area contributed by atoms with Crippen molar-refractivity contribution >= 4 is 10.8 Å². The summed E-state index contributed by atoms with van der Waals surface area (Å²) in [5, 5.41) is 32.4. The predicted molar refractivity (Wildman–Crippen MR) is 114 cm³/mol. The van der Waals surface area contributed by atoms with Crippen molar-refractivity contribution in [2.75, 3.05) is 27.9 Å². The maximum atomic E-state index is 10.7. The number of ether oxygens (including phenoxy) is 6. The molecule has 0 spiro atoms. The van der Waals surface area contributed by atoms with Gasteiger partial charge in [-0.25, -0.2) is 0 Å². The summed E-state index contributed by atoms with van der Waals surface area (Å²) in [6.07, 6.45) is -4.98.